The predicted molar refractivity (Wildman–Crippen MR) is 70.4 cm³/mol. The normalized spacial score (nSPS) is 10.2. The van der Waals surface area contributed by atoms with E-state index < -0.39 is 4.92 Å². The maximum atomic E-state index is 12.0. The van der Waals surface area contributed by atoms with Gasteiger partial charge in [-0.05, 0) is 23.8 Å². The molecule has 1 heterocycles. The third-order valence-corrected chi connectivity index (χ3v) is 2.95. The van der Waals surface area contributed by atoms with E-state index in [4.69, 9.17) is 11.6 Å². The number of halogens is 1. The van der Waals surface area contributed by atoms with Crippen molar-refractivity contribution in [3.8, 4) is 0 Å². The number of nitrogens with zero attached hydrogens (tertiary/aromatic N) is 2. The van der Waals surface area contributed by atoms with Crippen LogP contribution in [0.25, 0.3) is 0 Å². The van der Waals surface area contributed by atoms with Gasteiger partial charge in [-0.25, -0.2) is 0 Å². The topological polar surface area (TPSA) is 73.1 Å². The number of carbonyl (C=O) groups excluding carboxylic acids is 1. The lowest BCUT2D eigenvalue weighted by Crippen LogP contribution is -2.04. The van der Waals surface area contributed by atoms with Crippen LogP contribution >= 0.6 is 11.6 Å². The SMILES string of the molecule is O=C(Cc1ccncc1Cl)c1ccc([N+](=O)[O-])cc1. The smallest absolute Gasteiger partial charge is 0.269 e. The van der Waals surface area contributed by atoms with Gasteiger partial charge in [0, 0.05) is 36.5 Å². The monoisotopic (exact) mass is 276 g/mol. The zero-order valence-electron chi connectivity index (χ0n) is 9.75. The summed E-state index contributed by atoms with van der Waals surface area (Å²) in [5.74, 6) is -0.150. The van der Waals surface area contributed by atoms with Crippen molar-refractivity contribution in [1.82, 2.24) is 4.98 Å². The molecule has 1 aromatic carbocycles. The van der Waals surface area contributed by atoms with Gasteiger partial charge in [-0.3, -0.25) is 19.9 Å². The van der Waals surface area contributed by atoms with E-state index in [9.17, 15) is 14.9 Å². The molecule has 5 nitrogen and oxygen atoms in total. The minimum absolute atomic E-state index is 0.0431. The van der Waals surface area contributed by atoms with Gasteiger partial charge in [-0.2, -0.15) is 0 Å². The van der Waals surface area contributed by atoms with Gasteiger partial charge in [0.1, 0.15) is 0 Å². The minimum atomic E-state index is -0.506. The van der Waals surface area contributed by atoms with Crippen LogP contribution in [0.15, 0.2) is 42.7 Å². The van der Waals surface area contributed by atoms with Gasteiger partial charge in [0.25, 0.3) is 5.69 Å². The van der Waals surface area contributed by atoms with E-state index in [1.165, 1.54) is 30.5 Å². The standard InChI is InChI=1S/C13H9ClN2O3/c14-12-8-15-6-5-10(12)7-13(17)9-1-3-11(4-2-9)16(18)19/h1-6,8H,7H2. The van der Waals surface area contributed by atoms with E-state index in [-0.39, 0.29) is 17.9 Å². The molecule has 1 aromatic heterocycles. The molecule has 0 saturated carbocycles. The van der Waals surface area contributed by atoms with Gasteiger partial charge in [0.2, 0.25) is 0 Å². The molecule has 0 aliphatic carbocycles. The molecule has 0 spiro atoms. The first-order valence-corrected chi connectivity index (χ1v) is 5.82. The molecule has 0 amide bonds. The molecule has 0 bridgehead atoms. The number of carbonyl (C=O) groups is 1. The molecule has 0 atom stereocenters. The van der Waals surface area contributed by atoms with Crippen molar-refractivity contribution in [1.29, 1.82) is 0 Å². The quantitative estimate of drug-likeness (QED) is 0.489. The summed E-state index contributed by atoms with van der Waals surface area (Å²) in [7, 11) is 0. The van der Waals surface area contributed by atoms with Crippen LogP contribution in [-0.4, -0.2) is 15.7 Å². The first kappa shape index (κ1) is 13.2. The molecule has 0 unspecified atom stereocenters. The molecule has 2 aromatic rings. The number of aromatic nitrogens is 1. The lowest BCUT2D eigenvalue weighted by molar-refractivity contribution is -0.384. The molecular formula is C13H9ClN2O3. The second-order valence-corrected chi connectivity index (χ2v) is 4.28. The largest absolute Gasteiger partial charge is 0.294 e. The Bertz CT molecular complexity index is 626. The second-order valence-electron chi connectivity index (χ2n) is 3.87. The highest BCUT2D eigenvalue weighted by Crippen LogP contribution is 2.17. The number of Topliss-reactive ketones (excluding diaryl/α,β-unsaturated/α-hetero) is 1. The molecule has 96 valence electrons. The van der Waals surface area contributed by atoms with Crippen molar-refractivity contribution in [2.75, 3.05) is 0 Å². The minimum Gasteiger partial charge on any atom is -0.294 e. The summed E-state index contributed by atoms with van der Waals surface area (Å²) in [4.78, 5) is 25.8. The van der Waals surface area contributed by atoms with E-state index in [0.717, 1.165) is 0 Å². The highest BCUT2D eigenvalue weighted by atomic mass is 35.5. The van der Waals surface area contributed by atoms with Crippen molar-refractivity contribution in [2.24, 2.45) is 0 Å². The summed E-state index contributed by atoms with van der Waals surface area (Å²) in [6.45, 7) is 0. The third-order valence-electron chi connectivity index (χ3n) is 2.61. The van der Waals surface area contributed by atoms with Crippen molar-refractivity contribution in [3.63, 3.8) is 0 Å². The van der Waals surface area contributed by atoms with Crippen molar-refractivity contribution in [3.05, 3.63) is 69.0 Å². The predicted octanol–water partition coefficient (Wildman–Crippen LogP) is 3.07. The first-order chi connectivity index (χ1) is 9.08. The number of nitro benzene ring substituents is 1. The molecule has 0 fully saturated rings. The molecule has 19 heavy (non-hydrogen) atoms. The molecule has 0 aliphatic heterocycles. The van der Waals surface area contributed by atoms with Crippen molar-refractivity contribution < 1.29 is 9.72 Å². The van der Waals surface area contributed by atoms with Gasteiger partial charge in [0.05, 0.1) is 9.95 Å². The fourth-order valence-corrected chi connectivity index (χ4v) is 1.78. The number of non-ortho nitro benzene ring substituents is 1. The van der Waals surface area contributed by atoms with Gasteiger partial charge in [0.15, 0.2) is 5.78 Å². The Morgan fingerprint density at radius 2 is 1.95 bits per heavy atom. The molecular weight excluding hydrogens is 268 g/mol. The fourth-order valence-electron chi connectivity index (χ4n) is 1.59. The highest BCUT2D eigenvalue weighted by Gasteiger charge is 2.11. The number of ketones is 1. The second kappa shape index (κ2) is 5.58. The summed E-state index contributed by atoms with van der Waals surface area (Å²) in [6.07, 6.45) is 3.17. The Kier molecular flexibility index (Phi) is 3.87. The Morgan fingerprint density at radius 1 is 1.26 bits per heavy atom. The Morgan fingerprint density at radius 3 is 2.53 bits per heavy atom. The van der Waals surface area contributed by atoms with Crippen LogP contribution in [-0.2, 0) is 6.42 Å². The van der Waals surface area contributed by atoms with E-state index in [1.807, 2.05) is 0 Å². The van der Waals surface area contributed by atoms with Crippen LogP contribution in [0.2, 0.25) is 5.02 Å². The van der Waals surface area contributed by atoms with Gasteiger partial charge in [-0.15, -0.1) is 0 Å². The van der Waals surface area contributed by atoms with E-state index in [1.54, 1.807) is 12.3 Å². The number of benzene rings is 1. The van der Waals surface area contributed by atoms with Gasteiger partial charge < -0.3 is 0 Å². The zero-order chi connectivity index (χ0) is 13.8. The fraction of sp³-hybridized carbons (Fsp3) is 0.0769. The van der Waals surface area contributed by atoms with Crippen LogP contribution in [0.4, 0.5) is 5.69 Å². The average Bonchev–Trinajstić information content (AvgIpc) is 2.41. The third kappa shape index (κ3) is 3.14. The molecule has 2 rings (SSSR count). The Balaban J connectivity index is 2.16. The van der Waals surface area contributed by atoms with E-state index >= 15 is 0 Å². The molecule has 0 radical (unpaired) electrons. The maximum absolute atomic E-state index is 12.0. The number of rotatable bonds is 4. The summed E-state index contributed by atoms with van der Waals surface area (Å²) >= 11 is 5.92. The highest BCUT2D eigenvalue weighted by molar-refractivity contribution is 6.31. The molecule has 0 saturated heterocycles. The number of pyridine rings is 1. The summed E-state index contributed by atoms with van der Waals surface area (Å²) in [5.41, 5.74) is 1.05. The van der Waals surface area contributed by atoms with E-state index in [0.29, 0.717) is 16.1 Å². The van der Waals surface area contributed by atoms with Crippen LogP contribution in [0.3, 0.4) is 0 Å². The van der Waals surface area contributed by atoms with Crippen molar-refractivity contribution in [2.45, 2.75) is 6.42 Å². The summed E-state index contributed by atoms with van der Waals surface area (Å²) in [5, 5.41) is 10.9. The van der Waals surface area contributed by atoms with E-state index in [2.05, 4.69) is 4.98 Å². The number of nitro groups is 1. The van der Waals surface area contributed by atoms with Gasteiger partial charge in [-0.1, -0.05) is 11.6 Å². The number of hydrogen-bond donors (Lipinski definition) is 0. The first-order valence-electron chi connectivity index (χ1n) is 5.44. The molecule has 0 aliphatic rings. The molecule has 0 N–H and O–H groups in total. The Hall–Kier alpha value is -2.27. The van der Waals surface area contributed by atoms with Crippen molar-refractivity contribution >= 4 is 23.1 Å². The van der Waals surface area contributed by atoms with Crippen LogP contribution in [0, 0.1) is 10.1 Å². The van der Waals surface area contributed by atoms with Crippen LogP contribution in [0.1, 0.15) is 15.9 Å². The maximum Gasteiger partial charge on any atom is 0.269 e. The lowest BCUT2D eigenvalue weighted by atomic mass is 10.0. The van der Waals surface area contributed by atoms with Crippen LogP contribution < -0.4 is 0 Å². The lowest BCUT2D eigenvalue weighted by Gasteiger charge is -2.03. The summed E-state index contributed by atoms with van der Waals surface area (Å²) in [6, 6.07) is 7.17. The summed E-state index contributed by atoms with van der Waals surface area (Å²) < 4.78 is 0. The number of hydrogen-bond acceptors (Lipinski definition) is 4. The Labute approximate surface area is 114 Å². The van der Waals surface area contributed by atoms with Crippen LogP contribution in [0.5, 0.6) is 0 Å². The zero-order valence-corrected chi connectivity index (χ0v) is 10.5. The van der Waals surface area contributed by atoms with Gasteiger partial charge >= 0.3 is 0 Å². The molecule has 6 heteroatoms. The average molecular weight is 277 g/mol.